The van der Waals surface area contributed by atoms with Crippen molar-refractivity contribution >= 4 is 86.8 Å². The summed E-state index contributed by atoms with van der Waals surface area (Å²) in [6, 6.07) is 0. The van der Waals surface area contributed by atoms with Crippen molar-refractivity contribution in [3.05, 3.63) is 24.3 Å². The first-order chi connectivity index (χ1) is 70.0. The van der Waals surface area contributed by atoms with Gasteiger partial charge in [0.1, 0.15) is 37.6 Å². The highest BCUT2D eigenvalue weighted by Gasteiger charge is 2.24. The highest BCUT2D eigenvalue weighted by molar-refractivity contribution is 8.14. The molecule has 0 aliphatic carbocycles. The van der Waals surface area contributed by atoms with Crippen molar-refractivity contribution in [2.45, 2.75) is 563 Å². The number of hydrogen-bond acceptors (Lipinski definition) is 21. The number of ether oxygens (including phenoxy) is 6. The van der Waals surface area contributed by atoms with E-state index in [0.717, 1.165) is 205 Å². The smallest absolute Gasteiger partial charge is 0.306 e. The van der Waals surface area contributed by atoms with E-state index >= 15 is 0 Å². The van der Waals surface area contributed by atoms with Crippen molar-refractivity contribution in [2.75, 3.05) is 131 Å². The van der Waals surface area contributed by atoms with Crippen molar-refractivity contribution < 1.29 is 71.6 Å². The summed E-state index contributed by atoms with van der Waals surface area (Å²) in [5.41, 5.74) is 0. The summed E-state index contributed by atoms with van der Waals surface area (Å²) in [7, 11) is 8.00. The Morgan fingerprint density at radius 3 is 0.722 bits per heavy atom. The number of thioether (sulfide) groups is 3. The van der Waals surface area contributed by atoms with Crippen molar-refractivity contribution in [2.24, 2.45) is 0 Å². The number of carbonyl (C=O) groups excluding carboxylic acids is 9. The summed E-state index contributed by atoms with van der Waals surface area (Å²) in [6.45, 7) is 35.2. The summed E-state index contributed by atoms with van der Waals surface area (Å²) >= 11 is 4.04. The fourth-order valence-electron chi connectivity index (χ4n) is 17.2. The van der Waals surface area contributed by atoms with Crippen LogP contribution in [0.1, 0.15) is 539 Å². The Kier molecular flexibility index (Phi) is 113. The normalized spacial score (nSPS) is 11.7. The number of unbranched alkanes of at least 4 members (excludes halogenated alkanes) is 40. The number of carbonyl (C=O) groups is 9. The lowest BCUT2D eigenvalue weighted by Gasteiger charge is -2.23. The van der Waals surface area contributed by atoms with E-state index in [-0.39, 0.29) is 82.4 Å². The molecule has 0 saturated heterocycles. The zero-order chi connectivity index (χ0) is 107. The molecule has 24 heteroatoms. The van der Waals surface area contributed by atoms with Crippen LogP contribution in [0.25, 0.3) is 0 Å². The number of nitrogens with zero attached hydrogens (tertiary/aromatic N) is 6. The molecule has 0 heterocycles. The summed E-state index contributed by atoms with van der Waals surface area (Å²) in [4.78, 5) is 127. The summed E-state index contributed by atoms with van der Waals surface area (Å²) in [5.74, 6) is 1.31. The van der Waals surface area contributed by atoms with Gasteiger partial charge in [0.25, 0.3) is 15.7 Å². The molecule has 0 aromatic heterocycles. The number of hydrogen-bond donors (Lipinski definition) is 0. The molecule has 21 nitrogen and oxygen atoms in total. The summed E-state index contributed by atoms with van der Waals surface area (Å²) < 4.78 is 34.6. The molecular weight excluding hydrogens is 1860 g/mol. The van der Waals surface area contributed by atoms with E-state index in [0.29, 0.717) is 122 Å². The van der Waals surface area contributed by atoms with Gasteiger partial charge in [-0.05, 0) is 234 Å². The van der Waals surface area contributed by atoms with E-state index in [1.165, 1.54) is 260 Å². The molecule has 0 aliphatic heterocycles. The minimum Gasteiger partial charge on any atom is -0.462 e. The number of allylic oxidation sites excluding steroid dienone is 2. The molecule has 3 amide bonds. The third-order valence-corrected chi connectivity index (χ3v) is 29.4. The minimum atomic E-state index is -0.237. The van der Waals surface area contributed by atoms with Gasteiger partial charge in [-0.15, -0.1) is 0 Å². The first kappa shape index (κ1) is 144. The van der Waals surface area contributed by atoms with E-state index in [1.807, 2.05) is 50.1 Å². The topological polar surface area (TPSA) is 228 Å². The van der Waals surface area contributed by atoms with E-state index < -0.39 is 0 Å². The molecule has 0 aromatic carbocycles. The molecule has 0 N–H and O–H groups in total. The Hall–Kier alpha value is -4.36. The first-order valence-corrected chi connectivity index (χ1v) is 63.1. The van der Waals surface area contributed by atoms with Crippen LogP contribution in [0.15, 0.2) is 24.3 Å². The molecule has 0 aromatic rings. The Morgan fingerprint density at radius 1 is 0.215 bits per heavy atom. The zero-order valence-electron chi connectivity index (χ0n) is 96.7. The van der Waals surface area contributed by atoms with Crippen LogP contribution < -0.4 is 0 Å². The standard InChI is InChI=1S/C43H82N2O5S.C39H74N2O5S.C38H74N2O5S/c1-6-11-14-17-19-22-28-38-49-41(46)33-26-23-27-36-45(43(48)51-39-30-35-44(9-4)10-5)37-29-34-42(47)50-40(31-24-20-16-13-8-3)32-25-21-18-15-12-7-2;1-6-9-12-15-18-21-24-34-45-37(42)29-25-31-41(39(44)47-35-33-40(4)5)32-26-30-38(43)46-36(27-22-19-16-13-10-7-2)28-23-20-17-14-11-8-3;1-7-11-15-19-26-35(27-20-16-12-8-2)45-37(42)29-23-31-40(38(43)46-33-32-39(5)6)30-22-21-28-36(41)44-34(24-17-13-9-3)25-18-14-10-4/h22,28,40H,6-21,23-27,29-39H2,1-5H3;21,24,36H,6-20,22-23,25-35H2,1-5H3;34-35H,7-33H2,1-6H3/b28-22-;24-21-;. The molecule has 848 valence electrons. The van der Waals surface area contributed by atoms with Crippen LogP contribution in [0.5, 0.6) is 0 Å². The average Bonchev–Trinajstić information content (AvgIpc) is 0.930. The van der Waals surface area contributed by atoms with Crippen LogP contribution in [-0.4, -0.2) is 236 Å². The molecule has 0 rings (SSSR count). The maximum absolute atomic E-state index is 13.3. The summed E-state index contributed by atoms with van der Waals surface area (Å²) in [6.07, 6.45) is 81.7. The first-order valence-electron chi connectivity index (χ1n) is 60.2. The van der Waals surface area contributed by atoms with E-state index in [2.05, 4.69) is 110 Å². The molecule has 0 spiro atoms. The van der Waals surface area contributed by atoms with E-state index in [4.69, 9.17) is 28.4 Å². The van der Waals surface area contributed by atoms with Crippen LogP contribution >= 0.6 is 35.3 Å². The molecule has 144 heavy (non-hydrogen) atoms. The fraction of sp³-hybridized carbons (Fsp3) is 0.892. The molecule has 0 fully saturated rings. The highest BCUT2D eigenvalue weighted by atomic mass is 32.2. The van der Waals surface area contributed by atoms with Crippen molar-refractivity contribution in [1.29, 1.82) is 0 Å². The Labute approximate surface area is 900 Å². The van der Waals surface area contributed by atoms with Gasteiger partial charge in [-0.2, -0.15) is 0 Å². The van der Waals surface area contributed by atoms with Gasteiger partial charge >= 0.3 is 35.8 Å². The van der Waals surface area contributed by atoms with Gasteiger partial charge in [-0.1, -0.05) is 374 Å². The maximum atomic E-state index is 13.3. The third-order valence-electron chi connectivity index (χ3n) is 26.6. The second kappa shape index (κ2) is 113. The van der Waals surface area contributed by atoms with E-state index in [9.17, 15) is 43.2 Å². The Bertz CT molecular complexity index is 2910. The van der Waals surface area contributed by atoms with Gasteiger partial charge in [0.2, 0.25) is 0 Å². The molecule has 1 unspecified atom stereocenters. The molecule has 0 saturated carbocycles. The van der Waals surface area contributed by atoms with Gasteiger partial charge in [-0.3, -0.25) is 43.2 Å². The van der Waals surface area contributed by atoms with Crippen LogP contribution in [0, 0.1) is 0 Å². The molecular formula is C120H230N6O15S3. The lowest BCUT2D eigenvalue weighted by molar-refractivity contribution is -0.151. The molecule has 0 radical (unpaired) electrons. The van der Waals surface area contributed by atoms with Crippen LogP contribution in [0.3, 0.4) is 0 Å². The van der Waals surface area contributed by atoms with Gasteiger partial charge in [0.15, 0.2) is 0 Å². The van der Waals surface area contributed by atoms with E-state index in [1.54, 1.807) is 4.90 Å². The summed E-state index contributed by atoms with van der Waals surface area (Å²) in [5, 5.41) is 0.148. The second-order valence-corrected chi connectivity index (χ2v) is 44.1. The van der Waals surface area contributed by atoms with Crippen LogP contribution in [-0.2, 0) is 57.2 Å². The van der Waals surface area contributed by atoms with Crippen molar-refractivity contribution in [1.82, 2.24) is 29.4 Å². The van der Waals surface area contributed by atoms with Crippen LogP contribution in [0.4, 0.5) is 14.4 Å². The van der Waals surface area contributed by atoms with Crippen molar-refractivity contribution in [3.8, 4) is 0 Å². The van der Waals surface area contributed by atoms with Crippen LogP contribution in [0.2, 0.25) is 0 Å². The number of amides is 3. The molecule has 0 aliphatic rings. The van der Waals surface area contributed by atoms with Crippen molar-refractivity contribution in [3.63, 3.8) is 0 Å². The third kappa shape index (κ3) is 102. The quantitative estimate of drug-likeness (QED) is 0.0238. The largest absolute Gasteiger partial charge is 0.462 e. The average molecular weight is 2090 g/mol. The number of esters is 6. The lowest BCUT2D eigenvalue weighted by Crippen LogP contribution is -2.31. The SMILES string of the molecule is CCCCCC/C=C\COC(=O)CCCCCN(CCCC(=O)OC(CCCCCCC)CCCCCCCC)C(=O)SCCCN(CC)CC.CCCCCC/C=C\COC(=O)CCCN(CCCC(=O)OC(CCCCCCCC)CCCCCCCC)C(=O)SCCN(C)C.CCCCCCC(CCCCCC)OC(=O)CCCN(CCCCC(=O)OC(CCCCC)CCCCC)C(=O)SCCN(C)C. The molecule has 1 atom stereocenters. The van der Waals surface area contributed by atoms with Gasteiger partial charge in [-0.25, -0.2) is 0 Å². The predicted molar refractivity (Wildman–Crippen MR) is 617 cm³/mol. The Morgan fingerprint density at radius 2 is 0.431 bits per heavy atom. The second-order valence-electron chi connectivity index (χ2n) is 41.0. The van der Waals surface area contributed by atoms with Gasteiger partial charge in [0, 0.05) is 108 Å². The van der Waals surface area contributed by atoms with Gasteiger partial charge < -0.3 is 57.8 Å². The highest BCUT2D eigenvalue weighted by Crippen LogP contribution is 2.26. The minimum absolute atomic E-state index is 0.00101. The number of rotatable bonds is 102. The fourth-order valence-corrected chi connectivity index (χ4v) is 20.0. The monoisotopic (exact) mass is 2090 g/mol. The zero-order valence-corrected chi connectivity index (χ0v) is 99.1. The lowest BCUT2D eigenvalue weighted by atomic mass is 10.0. The molecule has 0 bridgehead atoms. The predicted octanol–water partition coefficient (Wildman–Crippen LogP) is 33.6. The Balaban J connectivity index is -0.00000207. The maximum Gasteiger partial charge on any atom is 0.306 e. The van der Waals surface area contributed by atoms with Gasteiger partial charge in [0.05, 0.1) is 0 Å².